The van der Waals surface area contributed by atoms with Crippen LogP contribution in [0, 0.1) is 10.1 Å². The lowest BCUT2D eigenvalue weighted by Crippen LogP contribution is -2.15. The Bertz CT molecular complexity index is 1130. The van der Waals surface area contributed by atoms with Crippen LogP contribution in [0.5, 0.6) is 17.2 Å². The van der Waals surface area contributed by atoms with E-state index in [1.807, 2.05) is 12.1 Å². The summed E-state index contributed by atoms with van der Waals surface area (Å²) in [5.41, 5.74) is 2.54. The van der Waals surface area contributed by atoms with Gasteiger partial charge in [-0.3, -0.25) is 10.1 Å². The molecule has 4 rings (SSSR count). The number of hydrogen-bond donors (Lipinski definition) is 0. The van der Waals surface area contributed by atoms with Crippen LogP contribution in [0.2, 0.25) is 0 Å². The van der Waals surface area contributed by atoms with Crippen LogP contribution in [0.3, 0.4) is 0 Å². The summed E-state index contributed by atoms with van der Waals surface area (Å²) in [7, 11) is 4.69. The van der Waals surface area contributed by atoms with Crippen LogP contribution in [0.4, 0.5) is 5.69 Å². The minimum Gasteiger partial charge on any atom is -0.493 e. The predicted molar refractivity (Wildman–Crippen MR) is 115 cm³/mol. The standard InChI is InChI=1S/C20H19N5O5S/c1-28-16-8-12(9-17(29-2)19(16)30-3)10-18-21-22-20-24(18)23-15(11-31-20)13-4-6-14(7-5-13)25(26)27/h4-9H,10-11H2,1-3H3. The summed E-state index contributed by atoms with van der Waals surface area (Å²) >= 11 is 1.51. The number of rotatable bonds is 7. The van der Waals surface area contributed by atoms with Crippen LogP contribution in [0.15, 0.2) is 46.7 Å². The lowest BCUT2D eigenvalue weighted by atomic mass is 10.1. The number of nitro benzene ring substituents is 1. The maximum atomic E-state index is 10.9. The number of hydrogen-bond acceptors (Lipinski definition) is 9. The number of nitro groups is 1. The molecule has 0 unspecified atom stereocenters. The molecule has 0 amide bonds. The number of methoxy groups -OCH3 is 3. The highest BCUT2D eigenvalue weighted by Gasteiger charge is 2.22. The van der Waals surface area contributed by atoms with Gasteiger partial charge in [0.1, 0.15) is 0 Å². The Labute approximate surface area is 182 Å². The lowest BCUT2D eigenvalue weighted by Gasteiger charge is -2.15. The van der Waals surface area contributed by atoms with Crippen LogP contribution < -0.4 is 14.2 Å². The highest BCUT2D eigenvalue weighted by atomic mass is 32.2. The van der Waals surface area contributed by atoms with Crippen LogP contribution in [0.1, 0.15) is 17.0 Å². The van der Waals surface area contributed by atoms with Crippen LogP contribution in [0.25, 0.3) is 0 Å². The SMILES string of the molecule is COc1cc(Cc2nnc3n2N=C(c2ccc([N+](=O)[O-])cc2)CS3)cc(OC)c1OC. The second kappa shape index (κ2) is 8.64. The van der Waals surface area contributed by atoms with Gasteiger partial charge in [0.05, 0.1) is 32.0 Å². The molecule has 0 saturated heterocycles. The second-order valence-corrected chi connectivity index (χ2v) is 7.50. The molecule has 1 aromatic heterocycles. The molecule has 2 aromatic carbocycles. The first-order valence-corrected chi connectivity index (χ1v) is 10.2. The van der Waals surface area contributed by atoms with E-state index < -0.39 is 4.92 Å². The summed E-state index contributed by atoms with van der Waals surface area (Å²) in [4.78, 5) is 10.5. The maximum Gasteiger partial charge on any atom is 0.269 e. The normalized spacial score (nSPS) is 12.7. The molecule has 31 heavy (non-hydrogen) atoms. The molecule has 1 aliphatic rings. The molecule has 0 N–H and O–H groups in total. The fourth-order valence-electron chi connectivity index (χ4n) is 3.22. The van der Waals surface area contributed by atoms with Crippen molar-refractivity contribution < 1.29 is 19.1 Å². The molecular formula is C20H19N5O5S. The van der Waals surface area contributed by atoms with Crippen molar-refractivity contribution in [3.05, 3.63) is 63.5 Å². The van der Waals surface area contributed by atoms with E-state index in [1.165, 1.54) is 23.9 Å². The maximum absolute atomic E-state index is 10.9. The summed E-state index contributed by atoms with van der Waals surface area (Å²) < 4.78 is 17.9. The average molecular weight is 441 g/mol. The zero-order valence-electron chi connectivity index (χ0n) is 17.1. The van der Waals surface area contributed by atoms with Crippen molar-refractivity contribution in [1.29, 1.82) is 0 Å². The first-order chi connectivity index (χ1) is 15.0. The fourth-order valence-corrected chi connectivity index (χ4v) is 4.07. The Balaban J connectivity index is 1.66. The fraction of sp³-hybridized carbons (Fsp3) is 0.250. The molecule has 0 aliphatic carbocycles. The smallest absolute Gasteiger partial charge is 0.269 e. The van der Waals surface area contributed by atoms with Gasteiger partial charge in [-0.2, -0.15) is 9.78 Å². The van der Waals surface area contributed by atoms with Crippen molar-refractivity contribution in [2.45, 2.75) is 11.6 Å². The Hall–Kier alpha value is -3.60. The van der Waals surface area contributed by atoms with Crippen LogP contribution in [-0.4, -0.2) is 52.6 Å². The highest BCUT2D eigenvalue weighted by Crippen LogP contribution is 2.38. The molecule has 0 saturated carbocycles. The van der Waals surface area contributed by atoms with Gasteiger partial charge in [-0.05, 0) is 35.4 Å². The molecule has 11 heteroatoms. The summed E-state index contributed by atoms with van der Waals surface area (Å²) in [6, 6.07) is 10.1. The van der Waals surface area contributed by atoms with E-state index in [9.17, 15) is 10.1 Å². The Morgan fingerprint density at radius 1 is 1.06 bits per heavy atom. The van der Waals surface area contributed by atoms with Crippen molar-refractivity contribution >= 4 is 23.2 Å². The first kappa shape index (κ1) is 20.7. The van der Waals surface area contributed by atoms with E-state index in [-0.39, 0.29) is 5.69 Å². The third kappa shape index (κ3) is 4.04. The van der Waals surface area contributed by atoms with Gasteiger partial charge in [0.2, 0.25) is 10.9 Å². The van der Waals surface area contributed by atoms with E-state index >= 15 is 0 Å². The molecule has 0 bridgehead atoms. The molecule has 160 valence electrons. The minimum absolute atomic E-state index is 0.0425. The highest BCUT2D eigenvalue weighted by molar-refractivity contribution is 7.99. The monoisotopic (exact) mass is 441 g/mol. The number of fused-ring (bicyclic) bond motifs is 1. The van der Waals surface area contributed by atoms with Gasteiger partial charge in [-0.1, -0.05) is 11.8 Å². The molecule has 0 fully saturated rings. The van der Waals surface area contributed by atoms with Crippen molar-refractivity contribution in [3.8, 4) is 17.2 Å². The van der Waals surface area contributed by atoms with Gasteiger partial charge in [0, 0.05) is 24.3 Å². The van der Waals surface area contributed by atoms with Crippen molar-refractivity contribution in [1.82, 2.24) is 14.9 Å². The van der Waals surface area contributed by atoms with Crippen molar-refractivity contribution in [2.24, 2.45) is 5.10 Å². The van der Waals surface area contributed by atoms with Gasteiger partial charge in [-0.15, -0.1) is 10.2 Å². The Kier molecular flexibility index (Phi) is 5.76. The third-order valence-corrected chi connectivity index (χ3v) is 5.66. The zero-order chi connectivity index (χ0) is 22.0. The average Bonchev–Trinajstić information content (AvgIpc) is 3.20. The first-order valence-electron chi connectivity index (χ1n) is 9.22. The second-order valence-electron chi connectivity index (χ2n) is 6.56. The van der Waals surface area contributed by atoms with Crippen LogP contribution in [-0.2, 0) is 6.42 Å². The summed E-state index contributed by atoms with van der Waals surface area (Å²) in [6.07, 6.45) is 0.446. The number of ether oxygens (including phenoxy) is 3. The molecule has 10 nitrogen and oxygen atoms in total. The summed E-state index contributed by atoms with van der Waals surface area (Å²) in [6.45, 7) is 0. The Morgan fingerprint density at radius 2 is 1.74 bits per heavy atom. The van der Waals surface area contributed by atoms with E-state index in [0.29, 0.717) is 40.4 Å². The molecule has 1 aliphatic heterocycles. The third-order valence-electron chi connectivity index (χ3n) is 4.73. The minimum atomic E-state index is -0.422. The number of benzene rings is 2. The number of thioether (sulfide) groups is 1. The van der Waals surface area contributed by atoms with Crippen molar-refractivity contribution in [2.75, 3.05) is 27.1 Å². The van der Waals surface area contributed by atoms with E-state index in [0.717, 1.165) is 16.8 Å². The van der Waals surface area contributed by atoms with Crippen LogP contribution >= 0.6 is 11.8 Å². The van der Waals surface area contributed by atoms with E-state index in [1.54, 1.807) is 38.1 Å². The molecular weight excluding hydrogens is 422 g/mol. The number of aromatic nitrogens is 3. The number of non-ortho nitro benzene ring substituents is 1. The summed E-state index contributed by atoms with van der Waals surface area (Å²) in [5, 5.41) is 24.8. The molecule has 0 spiro atoms. The molecule has 3 aromatic rings. The predicted octanol–water partition coefficient (Wildman–Crippen LogP) is 3.16. The molecule has 0 atom stereocenters. The van der Waals surface area contributed by atoms with E-state index in [2.05, 4.69) is 10.2 Å². The van der Waals surface area contributed by atoms with Gasteiger partial charge in [-0.25, -0.2) is 0 Å². The van der Waals surface area contributed by atoms with Gasteiger partial charge < -0.3 is 14.2 Å². The van der Waals surface area contributed by atoms with Gasteiger partial charge in [0.25, 0.3) is 5.69 Å². The Morgan fingerprint density at radius 3 is 2.32 bits per heavy atom. The summed E-state index contributed by atoms with van der Waals surface area (Å²) in [5.74, 6) is 2.88. The largest absolute Gasteiger partial charge is 0.493 e. The molecule has 2 heterocycles. The van der Waals surface area contributed by atoms with E-state index in [4.69, 9.17) is 19.3 Å². The van der Waals surface area contributed by atoms with Gasteiger partial charge in [0.15, 0.2) is 17.3 Å². The van der Waals surface area contributed by atoms with Crippen molar-refractivity contribution in [3.63, 3.8) is 0 Å². The quantitative estimate of drug-likeness (QED) is 0.406. The molecule has 0 radical (unpaired) electrons. The number of nitrogens with zero attached hydrogens (tertiary/aromatic N) is 5. The topological polar surface area (TPSA) is 114 Å². The zero-order valence-corrected chi connectivity index (χ0v) is 17.9. The lowest BCUT2D eigenvalue weighted by molar-refractivity contribution is -0.384. The van der Waals surface area contributed by atoms with Gasteiger partial charge >= 0.3 is 0 Å².